The molecule has 3 heterocycles. The van der Waals surface area contributed by atoms with Crippen LogP contribution >= 0.6 is 23.6 Å². The van der Waals surface area contributed by atoms with Crippen LogP contribution in [0.1, 0.15) is 30.2 Å². The first-order chi connectivity index (χ1) is 8.69. The second kappa shape index (κ2) is 4.60. The van der Waals surface area contributed by atoms with Gasteiger partial charge in [0.1, 0.15) is 10.6 Å². The average molecular weight is 281 g/mol. The molecule has 0 saturated carbocycles. The van der Waals surface area contributed by atoms with Crippen LogP contribution in [0.5, 0.6) is 0 Å². The number of rotatable bonds is 2. The number of nitrogens with one attached hydrogen (secondary N) is 1. The van der Waals surface area contributed by atoms with E-state index in [0.717, 1.165) is 29.5 Å². The first kappa shape index (κ1) is 12.1. The third-order valence-corrected chi connectivity index (χ3v) is 4.57. The number of nitrogen functional groups attached to an aromatic ring is 1. The van der Waals surface area contributed by atoms with E-state index in [4.69, 9.17) is 22.7 Å². The lowest BCUT2D eigenvalue weighted by Gasteiger charge is -2.22. The van der Waals surface area contributed by atoms with E-state index in [1.165, 1.54) is 10.4 Å². The lowest BCUT2D eigenvalue weighted by atomic mass is 10.0. The van der Waals surface area contributed by atoms with E-state index in [9.17, 15) is 0 Å². The second-order valence-corrected chi connectivity index (χ2v) is 6.04. The molecule has 1 aliphatic heterocycles. The van der Waals surface area contributed by atoms with Crippen molar-refractivity contribution in [1.29, 1.82) is 0 Å². The van der Waals surface area contributed by atoms with Crippen LogP contribution in [0, 0.1) is 4.77 Å². The molecular weight excluding hydrogens is 266 g/mol. The summed E-state index contributed by atoms with van der Waals surface area (Å²) in [7, 11) is 0. The molecule has 2 aromatic heterocycles. The van der Waals surface area contributed by atoms with Gasteiger partial charge in [-0.3, -0.25) is 0 Å². The summed E-state index contributed by atoms with van der Waals surface area (Å²) >= 11 is 6.71. The maximum atomic E-state index is 6.05. The van der Waals surface area contributed by atoms with Crippen molar-refractivity contribution in [3.63, 3.8) is 0 Å². The Bertz CT molecular complexity index is 647. The summed E-state index contributed by atoms with van der Waals surface area (Å²) < 4.78 is 6.30. The fourth-order valence-corrected chi connectivity index (χ4v) is 3.87. The van der Waals surface area contributed by atoms with E-state index in [1.807, 2.05) is 0 Å². The molecular formula is C12H15N3OS2. The summed E-state index contributed by atoms with van der Waals surface area (Å²) in [6.45, 7) is 2.85. The third-order valence-electron chi connectivity index (χ3n) is 3.28. The molecule has 3 rings (SSSR count). The Hall–Kier alpha value is -0.980. The van der Waals surface area contributed by atoms with Gasteiger partial charge in [-0.05, 0) is 24.2 Å². The first-order valence-corrected chi connectivity index (χ1v) is 7.33. The molecule has 0 bridgehead atoms. The van der Waals surface area contributed by atoms with Crippen molar-refractivity contribution in [3.8, 4) is 0 Å². The second-order valence-electron chi connectivity index (χ2n) is 4.57. The molecule has 0 amide bonds. The van der Waals surface area contributed by atoms with Gasteiger partial charge in [-0.15, -0.1) is 11.3 Å². The summed E-state index contributed by atoms with van der Waals surface area (Å²) in [5.74, 6) is 0.639. The van der Waals surface area contributed by atoms with Crippen molar-refractivity contribution in [1.82, 2.24) is 9.97 Å². The van der Waals surface area contributed by atoms with Gasteiger partial charge in [0, 0.05) is 11.3 Å². The molecule has 0 aromatic carbocycles. The standard InChI is InChI=1S/C12H15N3OS2/c1-2-3-6-4-7-8(5-16-6)18-11-9(7)10(13)14-12(17)15-11/h6H,2-5H2,1H3,(H3,13,14,15,17)/t6-/m0/s1. The fourth-order valence-electron chi connectivity index (χ4n) is 2.47. The number of aromatic nitrogens is 2. The van der Waals surface area contributed by atoms with Crippen molar-refractivity contribution in [2.75, 3.05) is 5.73 Å². The van der Waals surface area contributed by atoms with E-state index in [0.29, 0.717) is 23.3 Å². The number of H-pyrrole nitrogens is 1. The van der Waals surface area contributed by atoms with Crippen LogP contribution in [0.2, 0.25) is 0 Å². The van der Waals surface area contributed by atoms with Gasteiger partial charge in [0.15, 0.2) is 4.77 Å². The fraction of sp³-hybridized carbons (Fsp3) is 0.500. The van der Waals surface area contributed by atoms with Crippen molar-refractivity contribution in [2.45, 2.75) is 38.9 Å². The highest BCUT2D eigenvalue weighted by Crippen LogP contribution is 2.37. The predicted octanol–water partition coefficient (Wildman–Crippen LogP) is 3.18. The molecule has 2 aromatic rings. The molecule has 0 spiro atoms. The van der Waals surface area contributed by atoms with Gasteiger partial charge in [0.2, 0.25) is 0 Å². The summed E-state index contributed by atoms with van der Waals surface area (Å²) in [6.07, 6.45) is 3.47. The molecule has 0 unspecified atom stereocenters. The number of hydrogen-bond acceptors (Lipinski definition) is 5. The number of nitrogens with two attached hydrogens (primary N) is 1. The summed E-state index contributed by atoms with van der Waals surface area (Å²) in [5, 5.41) is 1.05. The average Bonchev–Trinajstić information content (AvgIpc) is 2.66. The van der Waals surface area contributed by atoms with Gasteiger partial charge in [-0.25, -0.2) is 4.98 Å². The van der Waals surface area contributed by atoms with Crippen molar-refractivity contribution in [2.24, 2.45) is 0 Å². The highest BCUT2D eigenvalue weighted by Gasteiger charge is 2.24. The Morgan fingerprint density at radius 1 is 1.61 bits per heavy atom. The minimum absolute atomic E-state index is 0.308. The van der Waals surface area contributed by atoms with Gasteiger partial charge < -0.3 is 15.5 Å². The normalized spacial score (nSPS) is 19.1. The molecule has 1 aliphatic rings. The molecule has 6 heteroatoms. The van der Waals surface area contributed by atoms with Crippen LogP contribution in [0.3, 0.4) is 0 Å². The number of nitrogens with zero attached hydrogens (tertiary/aromatic N) is 1. The minimum Gasteiger partial charge on any atom is -0.385 e. The number of ether oxygens (including phenoxy) is 1. The largest absolute Gasteiger partial charge is 0.385 e. The highest BCUT2D eigenvalue weighted by molar-refractivity contribution is 7.71. The summed E-state index contributed by atoms with van der Waals surface area (Å²) in [6, 6.07) is 0. The molecule has 1 atom stereocenters. The van der Waals surface area contributed by atoms with Crippen LogP contribution in [0.15, 0.2) is 0 Å². The van der Waals surface area contributed by atoms with Crippen LogP contribution in [-0.4, -0.2) is 16.1 Å². The molecule has 0 saturated heterocycles. The highest BCUT2D eigenvalue weighted by atomic mass is 32.1. The topological polar surface area (TPSA) is 63.9 Å². The van der Waals surface area contributed by atoms with Gasteiger partial charge in [-0.2, -0.15) is 0 Å². The quantitative estimate of drug-likeness (QED) is 0.830. The SMILES string of the molecule is CCC[C@H]1Cc2c(sc3nc(=S)[nH]c(N)c23)CO1. The maximum Gasteiger partial charge on any atom is 0.199 e. The number of thiophene rings is 1. The Morgan fingerprint density at radius 2 is 2.44 bits per heavy atom. The maximum absolute atomic E-state index is 6.05. The molecule has 0 radical (unpaired) electrons. The number of hydrogen-bond donors (Lipinski definition) is 2. The minimum atomic E-state index is 0.308. The van der Waals surface area contributed by atoms with Crippen LogP contribution in [0.4, 0.5) is 5.82 Å². The molecule has 4 nitrogen and oxygen atoms in total. The zero-order valence-electron chi connectivity index (χ0n) is 10.2. The first-order valence-electron chi connectivity index (χ1n) is 6.10. The van der Waals surface area contributed by atoms with Crippen molar-refractivity contribution in [3.05, 3.63) is 15.2 Å². The summed E-state index contributed by atoms with van der Waals surface area (Å²) in [4.78, 5) is 9.47. The molecule has 0 aliphatic carbocycles. The Balaban J connectivity index is 2.13. The Morgan fingerprint density at radius 3 is 3.22 bits per heavy atom. The molecule has 96 valence electrons. The number of fused-ring (bicyclic) bond motifs is 3. The predicted molar refractivity (Wildman–Crippen MR) is 76.4 cm³/mol. The van der Waals surface area contributed by atoms with E-state index in [-0.39, 0.29) is 0 Å². The lowest BCUT2D eigenvalue weighted by molar-refractivity contribution is 0.0254. The van der Waals surface area contributed by atoms with E-state index in [2.05, 4.69) is 16.9 Å². The number of aromatic amines is 1. The Kier molecular flexibility index (Phi) is 3.09. The van der Waals surface area contributed by atoms with Crippen molar-refractivity contribution < 1.29 is 4.74 Å². The Labute approximate surface area is 114 Å². The van der Waals surface area contributed by atoms with Gasteiger partial charge in [-0.1, -0.05) is 13.3 Å². The van der Waals surface area contributed by atoms with Crippen molar-refractivity contribution >= 4 is 39.6 Å². The van der Waals surface area contributed by atoms with Crippen LogP contribution < -0.4 is 5.73 Å². The lowest BCUT2D eigenvalue weighted by Crippen LogP contribution is -2.21. The molecule has 3 N–H and O–H groups in total. The van der Waals surface area contributed by atoms with Gasteiger partial charge >= 0.3 is 0 Å². The third kappa shape index (κ3) is 1.94. The zero-order chi connectivity index (χ0) is 12.7. The van der Waals surface area contributed by atoms with E-state index in [1.54, 1.807) is 11.3 Å². The zero-order valence-corrected chi connectivity index (χ0v) is 11.8. The molecule has 0 fully saturated rings. The van der Waals surface area contributed by atoms with Crippen LogP contribution in [-0.2, 0) is 17.8 Å². The molecule has 18 heavy (non-hydrogen) atoms. The van der Waals surface area contributed by atoms with E-state index >= 15 is 0 Å². The van der Waals surface area contributed by atoms with E-state index < -0.39 is 0 Å². The monoisotopic (exact) mass is 281 g/mol. The van der Waals surface area contributed by atoms with Gasteiger partial charge in [0.25, 0.3) is 0 Å². The summed E-state index contributed by atoms with van der Waals surface area (Å²) in [5.41, 5.74) is 7.35. The number of anilines is 1. The smallest absolute Gasteiger partial charge is 0.199 e. The van der Waals surface area contributed by atoms with Gasteiger partial charge in [0.05, 0.1) is 18.1 Å². The van der Waals surface area contributed by atoms with Crippen LogP contribution in [0.25, 0.3) is 10.2 Å².